The lowest BCUT2D eigenvalue weighted by atomic mass is 9.80. The van der Waals surface area contributed by atoms with Gasteiger partial charge in [-0.25, -0.2) is 0 Å². The highest BCUT2D eigenvalue weighted by Gasteiger charge is 2.27. The lowest BCUT2D eigenvalue weighted by molar-refractivity contribution is -0.134. The molecule has 4 rings (SSSR count). The molecule has 5 heteroatoms. The number of aryl methyl sites for hydroxylation is 1. The highest BCUT2D eigenvalue weighted by atomic mass is 16.5. The molecule has 0 fully saturated rings. The maximum atomic E-state index is 13.8. The van der Waals surface area contributed by atoms with Gasteiger partial charge in [-0.1, -0.05) is 66.7 Å². The van der Waals surface area contributed by atoms with Gasteiger partial charge >= 0.3 is 0 Å². The molecular formula is C34H39NO4. The first-order valence-corrected chi connectivity index (χ1v) is 14.0. The number of carbonyl (C=O) groups is 3. The summed E-state index contributed by atoms with van der Waals surface area (Å²) in [6.07, 6.45) is 3.99. The van der Waals surface area contributed by atoms with Gasteiger partial charge in [0.15, 0.2) is 0 Å². The molecule has 204 valence electrons. The molecule has 0 heterocycles. The van der Waals surface area contributed by atoms with Crippen molar-refractivity contribution >= 4 is 17.5 Å². The van der Waals surface area contributed by atoms with Gasteiger partial charge in [-0.3, -0.25) is 4.79 Å². The van der Waals surface area contributed by atoms with Gasteiger partial charge in [0.05, 0.1) is 0 Å². The van der Waals surface area contributed by atoms with Crippen LogP contribution in [0.5, 0.6) is 5.75 Å². The minimum Gasteiger partial charge on any atom is -0.489 e. The summed E-state index contributed by atoms with van der Waals surface area (Å²) >= 11 is 0. The van der Waals surface area contributed by atoms with Crippen molar-refractivity contribution in [1.29, 1.82) is 0 Å². The molecule has 5 nitrogen and oxygen atoms in total. The van der Waals surface area contributed by atoms with Gasteiger partial charge in [0.2, 0.25) is 5.91 Å². The van der Waals surface area contributed by atoms with E-state index in [-0.39, 0.29) is 29.3 Å². The van der Waals surface area contributed by atoms with Crippen LogP contribution in [0.4, 0.5) is 0 Å². The summed E-state index contributed by atoms with van der Waals surface area (Å²) in [4.78, 5) is 39.5. The second kappa shape index (κ2) is 13.9. The maximum Gasteiger partial charge on any atom is 0.223 e. The minimum absolute atomic E-state index is 0.0415. The van der Waals surface area contributed by atoms with Crippen molar-refractivity contribution in [1.82, 2.24) is 4.90 Å². The van der Waals surface area contributed by atoms with E-state index in [2.05, 4.69) is 24.3 Å². The normalized spacial score (nSPS) is 14.5. The second-order valence-electron chi connectivity index (χ2n) is 10.9. The Morgan fingerprint density at radius 1 is 0.872 bits per heavy atom. The van der Waals surface area contributed by atoms with Crippen molar-refractivity contribution in [3.63, 3.8) is 0 Å². The molecule has 0 aliphatic heterocycles. The van der Waals surface area contributed by atoms with Crippen LogP contribution in [0.1, 0.15) is 74.1 Å². The van der Waals surface area contributed by atoms with Crippen LogP contribution in [0.25, 0.3) is 0 Å². The summed E-state index contributed by atoms with van der Waals surface area (Å²) in [5.74, 6) is 0.974. The predicted octanol–water partition coefficient (Wildman–Crippen LogP) is 6.68. The zero-order valence-electron chi connectivity index (χ0n) is 23.1. The van der Waals surface area contributed by atoms with E-state index >= 15 is 0 Å². The number of nitrogens with zero attached hydrogens (tertiary/aromatic N) is 1. The van der Waals surface area contributed by atoms with Crippen molar-refractivity contribution in [2.75, 3.05) is 6.54 Å². The second-order valence-corrected chi connectivity index (χ2v) is 10.9. The minimum atomic E-state index is -0.171. The number of carbonyl (C=O) groups excluding carboxylic acids is 3. The third kappa shape index (κ3) is 8.64. The Morgan fingerprint density at radius 3 is 2.15 bits per heavy atom. The molecule has 3 aromatic carbocycles. The monoisotopic (exact) mass is 525 g/mol. The van der Waals surface area contributed by atoms with E-state index in [0.717, 1.165) is 36.1 Å². The topological polar surface area (TPSA) is 63.7 Å². The van der Waals surface area contributed by atoms with Crippen molar-refractivity contribution in [3.05, 3.63) is 101 Å². The molecule has 1 aliphatic carbocycles. The number of Topliss-reactive ketones (excluding diaryl/α,β-unsaturated/α-hetero) is 2. The highest BCUT2D eigenvalue weighted by molar-refractivity contribution is 5.80. The fourth-order valence-corrected chi connectivity index (χ4v) is 5.66. The quantitative estimate of drug-likeness (QED) is 0.250. The highest BCUT2D eigenvalue weighted by Crippen LogP contribution is 2.36. The molecular weight excluding hydrogens is 486 g/mol. The zero-order valence-corrected chi connectivity index (χ0v) is 23.1. The number of hydrogen-bond donors (Lipinski definition) is 0. The van der Waals surface area contributed by atoms with Crippen LogP contribution in [0.15, 0.2) is 78.9 Å². The summed E-state index contributed by atoms with van der Waals surface area (Å²) in [6, 6.07) is 26.3. The van der Waals surface area contributed by atoms with Crippen molar-refractivity contribution < 1.29 is 19.1 Å². The fourth-order valence-electron chi connectivity index (χ4n) is 5.66. The lowest BCUT2D eigenvalue weighted by Crippen LogP contribution is -2.37. The van der Waals surface area contributed by atoms with E-state index in [1.807, 2.05) is 59.5 Å². The number of ether oxygens (including phenoxy) is 1. The molecule has 0 aromatic heterocycles. The molecule has 0 N–H and O–H groups in total. The van der Waals surface area contributed by atoms with E-state index < -0.39 is 0 Å². The van der Waals surface area contributed by atoms with Gasteiger partial charge in [0, 0.05) is 32.4 Å². The number of hydrogen-bond acceptors (Lipinski definition) is 4. The summed E-state index contributed by atoms with van der Waals surface area (Å²) in [7, 11) is 0. The Kier molecular flexibility index (Phi) is 10.1. The Labute approximate surface area is 232 Å². The molecule has 0 spiro atoms. The number of benzene rings is 3. The predicted molar refractivity (Wildman–Crippen MR) is 153 cm³/mol. The van der Waals surface area contributed by atoms with Gasteiger partial charge in [-0.05, 0) is 79.3 Å². The summed E-state index contributed by atoms with van der Waals surface area (Å²) in [6.45, 7) is 4.49. The van der Waals surface area contributed by atoms with Crippen LogP contribution in [-0.2, 0) is 34.0 Å². The van der Waals surface area contributed by atoms with E-state index in [1.54, 1.807) is 13.8 Å². The van der Waals surface area contributed by atoms with Gasteiger partial charge in [-0.2, -0.15) is 0 Å². The van der Waals surface area contributed by atoms with Crippen LogP contribution in [0.3, 0.4) is 0 Å². The van der Waals surface area contributed by atoms with Crippen molar-refractivity contribution in [2.24, 2.45) is 5.92 Å². The smallest absolute Gasteiger partial charge is 0.223 e. The van der Waals surface area contributed by atoms with E-state index in [0.29, 0.717) is 39.0 Å². The fraction of sp³-hybridized carbons (Fsp3) is 0.382. The van der Waals surface area contributed by atoms with Gasteiger partial charge in [0.1, 0.15) is 23.9 Å². The van der Waals surface area contributed by atoms with E-state index in [9.17, 15) is 14.4 Å². The van der Waals surface area contributed by atoms with Crippen molar-refractivity contribution in [2.45, 2.75) is 71.4 Å². The molecule has 1 amide bonds. The number of fused-ring (bicyclic) bond motifs is 1. The van der Waals surface area contributed by atoms with Crippen LogP contribution < -0.4 is 4.74 Å². The maximum absolute atomic E-state index is 13.8. The van der Waals surface area contributed by atoms with E-state index in [4.69, 9.17) is 4.74 Å². The van der Waals surface area contributed by atoms with E-state index in [1.165, 1.54) is 11.1 Å². The molecule has 1 unspecified atom stereocenters. The summed E-state index contributed by atoms with van der Waals surface area (Å²) in [5.41, 5.74) is 4.65. The molecule has 1 atom stereocenters. The van der Waals surface area contributed by atoms with Gasteiger partial charge < -0.3 is 19.2 Å². The standard InChI is InChI=1S/C34H39NO4/c1-25(36)18-29(19-26(2)37)23-35(22-27-10-5-3-6-11-27)34(38)21-31-15-9-14-30-20-32(16-17-33(30)31)39-24-28-12-7-4-8-13-28/h3-8,10-13,16-17,20,29,31H,9,14-15,18-19,21-24H2,1-2H3. The Hall–Kier alpha value is -3.73. The Balaban J connectivity index is 1.48. The van der Waals surface area contributed by atoms with Crippen molar-refractivity contribution in [3.8, 4) is 5.75 Å². The number of ketones is 2. The molecule has 0 saturated heterocycles. The Bertz CT molecular complexity index is 1240. The average molecular weight is 526 g/mol. The largest absolute Gasteiger partial charge is 0.489 e. The van der Waals surface area contributed by atoms with Gasteiger partial charge in [-0.15, -0.1) is 0 Å². The summed E-state index contributed by atoms with van der Waals surface area (Å²) in [5, 5.41) is 0. The molecule has 3 aromatic rings. The first-order valence-electron chi connectivity index (χ1n) is 14.0. The molecule has 39 heavy (non-hydrogen) atoms. The lowest BCUT2D eigenvalue weighted by Gasteiger charge is -2.31. The van der Waals surface area contributed by atoms with Gasteiger partial charge in [0.25, 0.3) is 0 Å². The zero-order chi connectivity index (χ0) is 27.6. The third-order valence-corrected chi connectivity index (χ3v) is 7.42. The SMILES string of the molecule is CC(=O)CC(CC(C)=O)CN(Cc1ccccc1)C(=O)CC1CCCc2cc(OCc3ccccc3)ccc21. The molecule has 0 radical (unpaired) electrons. The number of amides is 1. The summed E-state index contributed by atoms with van der Waals surface area (Å²) < 4.78 is 6.06. The van der Waals surface area contributed by atoms with Crippen LogP contribution >= 0.6 is 0 Å². The first-order chi connectivity index (χ1) is 18.9. The van der Waals surface area contributed by atoms with Crippen LogP contribution in [-0.4, -0.2) is 28.9 Å². The Morgan fingerprint density at radius 2 is 1.51 bits per heavy atom. The first kappa shape index (κ1) is 28.3. The van der Waals surface area contributed by atoms with Crippen LogP contribution in [0.2, 0.25) is 0 Å². The molecule has 0 bridgehead atoms. The number of rotatable bonds is 13. The molecule has 1 aliphatic rings. The van der Waals surface area contributed by atoms with Crippen LogP contribution in [0, 0.1) is 5.92 Å². The third-order valence-electron chi connectivity index (χ3n) is 7.42. The average Bonchev–Trinajstić information content (AvgIpc) is 2.92. The molecule has 0 saturated carbocycles.